The van der Waals surface area contributed by atoms with Gasteiger partial charge in [-0.1, -0.05) is 24.3 Å². The topological polar surface area (TPSA) is 54.1 Å². The van der Waals surface area contributed by atoms with Crippen molar-refractivity contribution in [2.24, 2.45) is 0 Å². The van der Waals surface area contributed by atoms with E-state index in [1.54, 1.807) is 0 Å². The fraction of sp³-hybridized carbons (Fsp3) is 0.333. The van der Waals surface area contributed by atoms with Crippen LogP contribution in [0.4, 0.5) is 11.4 Å². The number of rotatable bonds is 8. The van der Waals surface area contributed by atoms with Crippen molar-refractivity contribution in [1.82, 2.24) is 0 Å². The fourth-order valence-electron chi connectivity index (χ4n) is 3.45. The molecule has 144 valence electrons. The maximum absolute atomic E-state index is 9.51. The van der Waals surface area contributed by atoms with Gasteiger partial charge in [-0.15, -0.1) is 0 Å². The Morgan fingerprint density at radius 2 is 0.964 bits per heavy atom. The molecule has 0 fully saturated rings. The molecule has 0 heterocycles. The molecule has 2 aromatic rings. The molecule has 2 aromatic carbocycles. The predicted octanol–water partition coefficient (Wildman–Crippen LogP) is 5.23. The van der Waals surface area contributed by atoms with Gasteiger partial charge in [0.1, 0.15) is 17.7 Å². The molecule has 0 saturated carbocycles. The number of benzene rings is 2. The second-order valence-corrected chi connectivity index (χ2v) is 6.41. The summed E-state index contributed by atoms with van der Waals surface area (Å²) < 4.78 is 0. The van der Waals surface area contributed by atoms with E-state index in [-0.39, 0.29) is 5.57 Å². The molecule has 4 heteroatoms. The molecule has 0 unspecified atom stereocenters. The van der Waals surface area contributed by atoms with Crippen molar-refractivity contribution >= 4 is 16.9 Å². The van der Waals surface area contributed by atoms with Crippen LogP contribution in [0.5, 0.6) is 0 Å². The lowest BCUT2D eigenvalue weighted by Crippen LogP contribution is -2.21. The summed E-state index contributed by atoms with van der Waals surface area (Å²) in [6.07, 6.45) is 0. The zero-order chi connectivity index (χ0) is 20.5. The van der Waals surface area contributed by atoms with E-state index in [9.17, 15) is 10.5 Å². The summed E-state index contributed by atoms with van der Waals surface area (Å²) in [6, 6.07) is 20.3. The monoisotopic (exact) mass is 372 g/mol. The van der Waals surface area contributed by atoms with Gasteiger partial charge in [-0.05, 0) is 63.1 Å². The molecule has 0 aliphatic carbocycles. The normalized spacial score (nSPS) is 9.93. The van der Waals surface area contributed by atoms with E-state index in [1.165, 1.54) is 0 Å². The minimum Gasteiger partial charge on any atom is -0.372 e. The lowest BCUT2D eigenvalue weighted by molar-refractivity contribution is 0.866. The summed E-state index contributed by atoms with van der Waals surface area (Å²) in [5, 5.41) is 19.0. The van der Waals surface area contributed by atoms with Crippen LogP contribution in [0.3, 0.4) is 0 Å². The number of hydrogen-bond donors (Lipinski definition) is 0. The van der Waals surface area contributed by atoms with Crippen molar-refractivity contribution < 1.29 is 0 Å². The molecule has 0 spiro atoms. The SMILES string of the molecule is CCN(CC)c1ccc(C(=C(C#N)C#N)c2ccc(N(CC)CC)cc2)cc1. The minimum absolute atomic E-state index is 0.131. The average Bonchev–Trinajstić information content (AvgIpc) is 2.75. The highest BCUT2D eigenvalue weighted by Crippen LogP contribution is 2.30. The van der Waals surface area contributed by atoms with E-state index in [2.05, 4.69) is 73.9 Å². The fourth-order valence-corrected chi connectivity index (χ4v) is 3.45. The Hall–Kier alpha value is -3.24. The highest BCUT2D eigenvalue weighted by molar-refractivity contribution is 5.87. The summed E-state index contributed by atoms with van der Waals surface area (Å²) in [7, 11) is 0. The van der Waals surface area contributed by atoms with Gasteiger partial charge in [0, 0.05) is 43.1 Å². The molecule has 0 saturated heterocycles. The number of allylic oxidation sites excluding steroid dienone is 1. The van der Waals surface area contributed by atoms with Gasteiger partial charge in [0.25, 0.3) is 0 Å². The second kappa shape index (κ2) is 10.2. The molecule has 0 amide bonds. The van der Waals surface area contributed by atoms with Gasteiger partial charge < -0.3 is 9.80 Å². The molecule has 0 N–H and O–H groups in total. The highest BCUT2D eigenvalue weighted by Gasteiger charge is 2.13. The van der Waals surface area contributed by atoms with Crippen LogP contribution in [-0.4, -0.2) is 26.2 Å². The standard InChI is InChI=1S/C24H28N4/c1-5-27(6-2)22-13-9-19(10-14-22)24(21(17-25)18-26)20-11-15-23(16-12-20)28(7-3)8-4/h9-16H,5-8H2,1-4H3. The third-order valence-corrected chi connectivity index (χ3v) is 5.04. The van der Waals surface area contributed by atoms with Crippen molar-refractivity contribution in [3.05, 3.63) is 65.2 Å². The van der Waals surface area contributed by atoms with Crippen molar-refractivity contribution in [3.63, 3.8) is 0 Å². The van der Waals surface area contributed by atoms with Crippen molar-refractivity contribution in [2.45, 2.75) is 27.7 Å². The zero-order valence-corrected chi connectivity index (χ0v) is 17.2. The van der Waals surface area contributed by atoms with E-state index in [1.807, 2.05) is 24.3 Å². The van der Waals surface area contributed by atoms with Crippen LogP contribution >= 0.6 is 0 Å². The largest absolute Gasteiger partial charge is 0.372 e. The number of anilines is 2. The summed E-state index contributed by atoms with van der Waals surface area (Å²) >= 11 is 0. The molecule has 4 nitrogen and oxygen atoms in total. The van der Waals surface area contributed by atoms with E-state index in [0.717, 1.165) is 48.7 Å². The van der Waals surface area contributed by atoms with Crippen molar-refractivity contribution in [3.8, 4) is 12.1 Å². The Balaban J connectivity index is 2.50. The van der Waals surface area contributed by atoms with Crippen LogP contribution in [0.25, 0.3) is 5.57 Å². The van der Waals surface area contributed by atoms with Gasteiger partial charge in [0.05, 0.1) is 0 Å². The van der Waals surface area contributed by atoms with Crippen molar-refractivity contribution in [2.75, 3.05) is 36.0 Å². The smallest absolute Gasteiger partial charge is 0.138 e. The molecule has 0 bridgehead atoms. The maximum atomic E-state index is 9.51. The minimum atomic E-state index is 0.131. The van der Waals surface area contributed by atoms with E-state index >= 15 is 0 Å². The average molecular weight is 373 g/mol. The number of nitrogens with zero attached hydrogens (tertiary/aromatic N) is 4. The maximum Gasteiger partial charge on any atom is 0.138 e. The number of nitriles is 2. The summed E-state index contributed by atoms with van der Waals surface area (Å²) in [4.78, 5) is 4.53. The summed E-state index contributed by atoms with van der Waals surface area (Å²) in [5.41, 5.74) is 4.85. The molecule has 28 heavy (non-hydrogen) atoms. The van der Waals surface area contributed by atoms with Crippen LogP contribution in [0.1, 0.15) is 38.8 Å². The Labute approximate surface area is 168 Å². The van der Waals surface area contributed by atoms with Gasteiger partial charge in [-0.3, -0.25) is 0 Å². The van der Waals surface area contributed by atoms with E-state index in [0.29, 0.717) is 5.57 Å². The van der Waals surface area contributed by atoms with Crippen LogP contribution < -0.4 is 9.80 Å². The molecule has 0 radical (unpaired) electrons. The first-order valence-corrected chi connectivity index (χ1v) is 9.88. The Bertz CT molecular complexity index is 799. The summed E-state index contributed by atoms with van der Waals surface area (Å²) in [5.74, 6) is 0. The highest BCUT2D eigenvalue weighted by atomic mass is 15.1. The first kappa shape index (κ1) is 21.1. The second-order valence-electron chi connectivity index (χ2n) is 6.41. The Morgan fingerprint density at radius 3 is 1.21 bits per heavy atom. The third kappa shape index (κ3) is 4.53. The molecule has 2 rings (SSSR count). The lowest BCUT2D eigenvalue weighted by atomic mass is 9.93. The predicted molar refractivity (Wildman–Crippen MR) is 117 cm³/mol. The Kier molecular flexibility index (Phi) is 7.66. The first-order chi connectivity index (χ1) is 13.6. The van der Waals surface area contributed by atoms with Crippen LogP contribution in [0, 0.1) is 22.7 Å². The molecule has 0 aromatic heterocycles. The van der Waals surface area contributed by atoms with Crippen LogP contribution in [0.2, 0.25) is 0 Å². The van der Waals surface area contributed by atoms with E-state index in [4.69, 9.17) is 0 Å². The third-order valence-electron chi connectivity index (χ3n) is 5.04. The molecule has 0 aliphatic rings. The van der Waals surface area contributed by atoms with Crippen LogP contribution in [-0.2, 0) is 0 Å². The lowest BCUT2D eigenvalue weighted by Gasteiger charge is -2.22. The van der Waals surface area contributed by atoms with E-state index < -0.39 is 0 Å². The number of hydrogen-bond acceptors (Lipinski definition) is 4. The quantitative estimate of drug-likeness (QED) is 0.596. The van der Waals surface area contributed by atoms with Gasteiger partial charge >= 0.3 is 0 Å². The first-order valence-electron chi connectivity index (χ1n) is 9.88. The molecule has 0 aliphatic heterocycles. The Morgan fingerprint density at radius 1 is 0.643 bits per heavy atom. The zero-order valence-electron chi connectivity index (χ0n) is 17.2. The van der Waals surface area contributed by atoms with Gasteiger partial charge in [-0.25, -0.2) is 0 Å². The van der Waals surface area contributed by atoms with Crippen molar-refractivity contribution in [1.29, 1.82) is 10.5 Å². The van der Waals surface area contributed by atoms with Crippen LogP contribution in [0.15, 0.2) is 54.1 Å². The van der Waals surface area contributed by atoms with Gasteiger partial charge in [-0.2, -0.15) is 10.5 Å². The van der Waals surface area contributed by atoms with Gasteiger partial charge in [0.2, 0.25) is 0 Å². The van der Waals surface area contributed by atoms with Gasteiger partial charge in [0.15, 0.2) is 0 Å². The molecule has 0 atom stereocenters. The molecular formula is C24H28N4. The molecular weight excluding hydrogens is 344 g/mol. The summed E-state index contributed by atoms with van der Waals surface area (Å²) in [6.45, 7) is 12.3.